The van der Waals surface area contributed by atoms with Gasteiger partial charge in [0.05, 0.1) is 0 Å². The number of carbonyl (C=O) groups is 1. The van der Waals surface area contributed by atoms with E-state index < -0.39 is 0 Å². The Labute approximate surface area is 120 Å². The minimum atomic E-state index is -0.247. The monoisotopic (exact) mass is 269 g/mol. The number of hydrogen-bond acceptors (Lipinski definition) is 3. The molecule has 3 atom stereocenters. The fourth-order valence-electron chi connectivity index (χ4n) is 4.56. The number of ether oxygens (including phenoxy) is 1. The van der Waals surface area contributed by atoms with Crippen molar-refractivity contribution < 1.29 is 9.53 Å². The van der Waals surface area contributed by atoms with Crippen LogP contribution in [0.25, 0.3) is 0 Å². The fraction of sp³-hybridized carbons (Fsp3) is 0.562. The van der Waals surface area contributed by atoms with Gasteiger partial charge in [0.25, 0.3) is 0 Å². The Kier molecular flexibility index (Phi) is 2.71. The second-order valence-corrected chi connectivity index (χ2v) is 6.57. The van der Waals surface area contributed by atoms with Gasteiger partial charge < -0.3 is 10.1 Å². The average molecular weight is 269 g/mol. The molecule has 1 unspecified atom stereocenters. The number of rotatable bonds is 0. The molecule has 1 aromatic rings. The molecule has 2 fully saturated rings. The maximum Gasteiger partial charge on any atom is 0.173 e. The summed E-state index contributed by atoms with van der Waals surface area (Å²) in [5.41, 5.74) is 2.51. The predicted molar refractivity (Wildman–Crippen MR) is 79.9 cm³/mol. The van der Waals surface area contributed by atoms with Gasteiger partial charge in [-0.05, 0) is 43.9 Å². The van der Waals surface area contributed by atoms with E-state index in [4.69, 9.17) is 4.74 Å². The number of nitrogens with one attached hydrogen (secondary N) is 1. The first-order chi connectivity index (χ1) is 9.71. The summed E-state index contributed by atoms with van der Waals surface area (Å²) in [6.45, 7) is 3.14. The molecule has 0 amide bonds. The van der Waals surface area contributed by atoms with Gasteiger partial charge in [0, 0.05) is 17.4 Å². The zero-order valence-corrected chi connectivity index (χ0v) is 11.9. The number of aryl methyl sites for hydroxylation is 1. The molecule has 1 spiro atoms. The lowest BCUT2D eigenvalue weighted by Crippen LogP contribution is -2.56. The quantitative estimate of drug-likeness (QED) is 0.726. The number of piperidine rings is 1. The maximum absolute atomic E-state index is 12.6. The Morgan fingerprint density at radius 3 is 3.25 bits per heavy atom. The molecule has 2 saturated heterocycles. The third kappa shape index (κ3) is 1.60. The molecule has 1 aromatic carbocycles. The van der Waals surface area contributed by atoms with Crippen molar-refractivity contribution in [2.45, 2.75) is 50.0 Å². The van der Waals surface area contributed by atoms with Gasteiger partial charge in [-0.15, -0.1) is 0 Å². The number of carbonyl (C=O) groups excluding carboxylic acids is 1. The van der Waals surface area contributed by atoms with E-state index in [1.165, 1.54) is 11.1 Å². The van der Waals surface area contributed by atoms with Gasteiger partial charge in [-0.1, -0.05) is 18.5 Å². The average Bonchev–Trinajstić information content (AvgIpc) is 2.73. The van der Waals surface area contributed by atoms with Gasteiger partial charge in [0.1, 0.15) is 13.0 Å². The number of Topliss-reactive ketones (excluding diaryl/α,β-unsaturated/α-hetero) is 1. The minimum Gasteiger partial charge on any atom is -0.481 e. The zero-order valence-electron chi connectivity index (χ0n) is 11.9. The van der Waals surface area contributed by atoms with Crippen molar-refractivity contribution in [3.63, 3.8) is 0 Å². The van der Waals surface area contributed by atoms with Crippen LogP contribution in [-0.2, 0) is 10.2 Å². The molecule has 2 bridgehead atoms. The lowest BCUT2D eigenvalue weighted by molar-refractivity contribution is -0.128. The minimum absolute atomic E-state index is 0.0753. The van der Waals surface area contributed by atoms with E-state index in [1.807, 2.05) is 12.1 Å². The first-order valence-electron chi connectivity index (χ1n) is 7.73. The first kappa shape index (κ1) is 12.5. The molecule has 1 N–H and O–H groups in total. The molecule has 0 aromatic heterocycles. The Balaban J connectivity index is 1.89. The van der Waals surface area contributed by atoms with Crippen LogP contribution in [0.1, 0.15) is 30.4 Å². The lowest BCUT2D eigenvalue weighted by Gasteiger charge is -2.43. The van der Waals surface area contributed by atoms with E-state index in [-0.39, 0.29) is 11.5 Å². The third-order valence-corrected chi connectivity index (χ3v) is 5.36. The molecule has 3 nitrogen and oxygen atoms in total. The number of hydrogen-bond donors (Lipinski definition) is 1. The van der Waals surface area contributed by atoms with Crippen LogP contribution in [0.3, 0.4) is 0 Å². The molecular weight excluding hydrogens is 249 g/mol. The topological polar surface area (TPSA) is 38.3 Å². The molecule has 3 aliphatic rings. The summed E-state index contributed by atoms with van der Waals surface area (Å²) < 4.78 is 6.14. The van der Waals surface area contributed by atoms with Crippen molar-refractivity contribution in [2.75, 3.05) is 6.54 Å². The standard InChI is InChI=1S/C16H20BNO2/c1-10-3-2-4-12-14(10)16-6-8-18-13(9-16)17-7-5-11(19)15(16)20-12/h2-4,13,15,17-18H,5-9H2,1H3/t13?,15-,16-/m0/s1. The largest absolute Gasteiger partial charge is 0.481 e. The number of benzene rings is 1. The SMILES string of the molecule is Cc1cccc2c1[C@@]13CCNC(BCCC(=O)[C@@H]1O2)C3. The molecule has 3 heterocycles. The van der Waals surface area contributed by atoms with Crippen LogP contribution in [0.4, 0.5) is 0 Å². The number of fused-ring (bicyclic) bond motifs is 2. The fourth-order valence-corrected chi connectivity index (χ4v) is 4.56. The van der Waals surface area contributed by atoms with E-state index in [2.05, 4.69) is 18.3 Å². The molecule has 104 valence electrons. The van der Waals surface area contributed by atoms with Crippen LogP contribution >= 0.6 is 0 Å². The zero-order chi connectivity index (χ0) is 13.7. The third-order valence-electron chi connectivity index (χ3n) is 5.36. The molecule has 4 rings (SSSR count). The van der Waals surface area contributed by atoms with Crippen LogP contribution in [-0.4, -0.2) is 31.7 Å². The van der Waals surface area contributed by atoms with Crippen LogP contribution < -0.4 is 10.1 Å². The summed E-state index contributed by atoms with van der Waals surface area (Å²) in [6.07, 6.45) is 3.46. The maximum atomic E-state index is 12.6. The van der Waals surface area contributed by atoms with Gasteiger partial charge in [-0.3, -0.25) is 4.79 Å². The number of ketones is 1. The van der Waals surface area contributed by atoms with Crippen LogP contribution in [0.2, 0.25) is 6.32 Å². The summed E-state index contributed by atoms with van der Waals surface area (Å²) >= 11 is 0. The molecular formula is C16H20BNO2. The van der Waals surface area contributed by atoms with Crippen molar-refractivity contribution in [2.24, 2.45) is 0 Å². The Morgan fingerprint density at radius 1 is 1.45 bits per heavy atom. The van der Waals surface area contributed by atoms with Gasteiger partial charge in [0.2, 0.25) is 0 Å². The Hall–Kier alpha value is -1.29. The summed E-state index contributed by atoms with van der Waals surface area (Å²) in [5.74, 6) is 1.79. The predicted octanol–water partition coefficient (Wildman–Crippen LogP) is 1.53. The van der Waals surface area contributed by atoms with Gasteiger partial charge in [-0.25, -0.2) is 0 Å². The van der Waals surface area contributed by atoms with Crippen molar-refractivity contribution in [3.05, 3.63) is 29.3 Å². The van der Waals surface area contributed by atoms with E-state index in [1.54, 1.807) is 0 Å². The van der Waals surface area contributed by atoms with E-state index in [9.17, 15) is 4.79 Å². The molecule has 0 radical (unpaired) electrons. The highest BCUT2D eigenvalue weighted by molar-refractivity contribution is 6.38. The Bertz CT molecular complexity index is 574. The summed E-state index contributed by atoms with van der Waals surface area (Å²) in [4.78, 5) is 12.6. The highest BCUT2D eigenvalue weighted by Crippen LogP contribution is 2.51. The van der Waals surface area contributed by atoms with Gasteiger partial charge in [-0.2, -0.15) is 0 Å². The van der Waals surface area contributed by atoms with E-state index in [0.717, 1.165) is 38.7 Å². The molecule has 0 saturated carbocycles. The normalized spacial score (nSPS) is 35.1. The summed E-state index contributed by atoms with van der Waals surface area (Å²) in [7, 11) is 1.11. The first-order valence-corrected chi connectivity index (χ1v) is 7.73. The van der Waals surface area contributed by atoms with Gasteiger partial charge >= 0.3 is 0 Å². The van der Waals surface area contributed by atoms with Gasteiger partial charge in [0.15, 0.2) is 11.9 Å². The van der Waals surface area contributed by atoms with Crippen LogP contribution in [0, 0.1) is 6.92 Å². The van der Waals surface area contributed by atoms with Crippen molar-refractivity contribution in [1.29, 1.82) is 0 Å². The van der Waals surface area contributed by atoms with Crippen molar-refractivity contribution >= 4 is 13.1 Å². The van der Waals surface area contributed by atoms with Crippen molar-refractivity contribution in [1.82, 2.24) is 5.32 Å². The molecule has 3 aliphatic heterocycles. The van der Waals surface area contributed by atoms with E-state index in [0.29, 0.717) is 18.1 Å². The van der Waals surface area contributed by atoms with Crippen LogP contribution in [0.5, 0.6) is 5.75 Å². The second kappa shape index (κ2) is 4.35. The molecule has 4 heteroatoms. The molecule has 20 heavy (non-hydrogen) atoms. The highest BCUT2D eigenvalue weighted by Gasteiger charge is 2.55. The summed E-state index contributed by atoms with van der Waals surface area (Å²) in [5, 5.41) is 3.62. The van der Waals surface area contributed by atoms with E-state index >= 15 is 0 Å². The smallest absolute Gasteiger partial charge is 0.173 e. The lowest BCUT2D eigenvalue weighted by atomic mass is 9.53. The highest BCUT2D eigenvalue weighted by atomic mass is 16.5. The summed E-state index contributed by atoms with van der Waals surface area (Å²) in [6, 6.07) is 6.22. The Morgan fingerprint density at radius 2 is 2.35 bits per heavy atom. The molecule has 0 aliphatic carbocycles. The van der Waals surface area contributed by atoms with Crippen LogP contribution in [0.15, 0.2) is 18.2 Å². The van der Waals surface area contributed by atoms with Crippen molar-refractivity contribution in [3.8, 4) is 5.75 Å². The second-order valence-electron chi connectivity index (χ2n) is 6.57.